The van der Waals surface area contributed by atoms with Crippen LogP contribution in [0.4, 0.5) is 4.79 Å². The second kappa shape index (κ2) is 7.53. The van der Waals surface area contributed by atoms with Crippen LogP contribution in [0.1, 0.15) is 92.9 Å². The van der Waals surface area contributed by atoms with Crippen LogP contribution in [0.25, 0.3) is 0 Å². The van der Waals surface area contributed by atoms with Crippen molar-refractivity contribution in [1.29, 1.82) is 0 Å². The number of hydrogen-bond acceptors (Lipinski definition) is 3. The van der Waals surface area contributed by atoms with E-state index in [4.69, 9.17) is 4.74 Å². The van der Waals surface area contributed by atoms with Crippen molar-refractivity contribution in [3.05, 3.63) is 11.6 Å². The van der Waals surface area contributed by atoms with E-state index in [9.17, 15) is 9.90 Å². The smallest absolute Gasteiger partial charge is 0.407 e. The summed E-state index contributed by atoms with van der Waals surface area (Å²) in [4.78, 5) is 12.3. The molecule has 1 unspecified atom stereocenters. The van der Waals surface area contributed by atoms with Gasteiger partial charge in [0.1, 0.15) is 5.60 Å². The molecule has 170 valence electrons. The highest BCUT2D eigenvalue weighted by molar-refractivity contribution is 5.68. The number of ether oxygens (including phenoxy) is 1. The zero-order chi connectivity index (χ0) is 21.9. The second-order valence-electron chi connectivity index (χ2n) is 12.2. The van der Waals surface area contributed by atoms with Crippen molar-refractivity contribution in [1.82, 2.24) is 5.32 Å². The van der Waals surface area contributed by atoms with Crippen LogP contribution in [-0.4, -0.2) is 28.9 Å². The monoisotopic (exact) mass is 417 g/mol. The lowest BCUT2D eigenvalue weighted by molar-refractivity contribution is -0.102. The molecular formula is C26H43NO3. The third kappa shape index (κ3) is 3.61. The molecular weight excluding hydrogens is 374 g/mol. The number of carbonyl (C=O) groups excluding carboxylic acids is 1. The van der Waals surface area contributed by atoms with Crippen molar-refractivity contribution in [2.45, 2.75) is 111 Å². The molecule has 4 aliphatic rings. The number of hydrogen-bond donors (Lipinski definition) is 2. The van der Waals surface area contributed by atoms with Crippen molar-refractivity contribution < 1.29 is 14.6 Å². The topological polar surface area (TPSA) is 58.6 Å². The number of carbonyl (C=O) groups is 1. The van der Waals surface area contributed by atoms with Gasteiger partial charge < -0.3 is 15.2 Å². The number of allylic oxidation sites excluding steroid dienone is 1. The Labute approximate surface area is 183 Å². The second-order valence-corrected chi connectivity index (χ2v) is 12.2. The first kappa shape index (κ1) is 22.2. The van der Waals surface area contributed by atoms with Gasteiger partial charge in [0.2, 0.25) is 0 Å². The van der Waals surface area contributed by atoms with E-state index in [1.807, 2.05) is 20.8 Å². The maximum absolute atomic E-state index is 12.3. The third-order valence-electron chi connectivity index (χ3n) is 9.58. The minimum absolute atomic E-state index is 0.202. The lowest BCUT2D eigenvalue weighted by atomic mass is 9.45. The molecule has 0 aromatic carbocycles. The summed E-state index contributed by atoms with van der Waals surface area (Å²) in [5, 5.41) is 13.9. The quantitative estimate of drug-likeness (QED) is 0.527. The molecule has 4 saturated carbocycles. The van der Waals surface area contributed by atoms with Gasteiger partial charge in [-0.15, -0.1) is 0 Å². The van der Waals surface area contributed by atoms with Crippen molar-refractivity contribution in [3.63, 3.8) is 0 Å². The molecule has 4 rings (SSSR count). The minimum atomic E-state index is -0.447. The SMILES string of the molecule is C/C=C1/[C@H](O)C[C@H]2[C@@H]3CCC4C[C@@H](NC(=O)OC(C)(C)C)CC[C@]4(C)[C@H]3CC[C@]12C. The lowest BCUT2D eigenvalue weighted by Gasteiger charge is -2.60. The highest BCUT2D eigenvalue weighted by Crippen LogP contribution is 2.67. The van der Waals surface area contributed by atoms with Crippen LogP contribution in [0.2, 0.25) is 0 Å². The van der Waals surface area contributed by atoms with Crippen LogP contribution in [0.3, 0.4) is 0 Å². The van der Waals surface area contributed by atoms with Crippen LogP contribution in [-0.2, 0) is 4.74 Å². The minimum Gasteiger partial charge on any atom is -0.444 e. The van der Waals surface area contributed by atoms with Crippen LogP contribution >= 0.6 is 0 Å². The fourth-order valence-electron chi connectivity index (χ4n) is 8.25. The van der Waals surface area contributed by atoms with Crippen LogP contribution in [0, 0.1) is 34.5 Å². The molecule has 4 nitrogen and oxygen atoms in total. The Morgan fingerprint density at radius 1 is 1.10 bits per heavy atom. The summed E-state index contributed by atoms with van der Waals surface area (Å²) in [6, 6.07) is 0.242. The van der Waals surface area contributed by atoms with E-state index in [1.54, 1.807) is 0 Å². The molecule has 0 aliphatic heterocycles. The molecule has 0 aromatic heterocycles. The molecule has 4 aliphatic carbocycles. The van der Waals surface area contributed by atoms with Gasteiger partial charge in [-0.05, 0) is 119 Å². The predicted octanol–water partition coefficient (Wildman–Crippen LogP) is 5.84. The highest BCUT2D eigenvalue weighted by atomic mass is 16.6. The van der Waals surface area contributed by atoms with E-state index >= 15 is 0 Å². The summed E-state index contributed by atoms with van der Waals surface area (Å²) < 4.78 is 5.50. The Kier molecular flexibility index (Phi) is 5.57. The van der Waals surface area contributed by atoms with Gasteiger partial charge in [0, 0.05) is 6.04 Å². The molecule has 30 heavy (non-hydrogen) atoms. The first-order chi connectivity index (χ1) is 14.0. The van der Waals surface area contributed by atoms with Gasteiger partial charge in [-0.25, -0.2) is 4.79 Å². The van der Waals surface area contributed by atoms with E-state index in [-0.39, 0.29) is 23.7 Å². The molecule has 4 heteroatoms. The van der Waals surface area contributed by atoms with Gasteiger partial charge in [-0.3, -0.25) is 0 Å². The molecule has 0 heterocycles. The number of rotatable bonds is 1. The maximum Gasteiger partial charge on any atom is 0.407 e. The summed E-state index contributed by atoms with van der Waals surface area (Å²) in [6.07, 6.45) is 11.1. The number of aliphatic hydroxyl groups excluding tert-OH is 1. The summed E-state index contributed by atoms with van der Waals surface area (Å²) in [5.41, 5.74) is 1.44. The van der Waals surface area contributed by atoms with Crippen LogP contribution in [0.5, 0.6) is 0 Å². The lowest BCUT2D eigenvalue weighted by Crippen LogP contribution is -2.55. The average Bonchev–Trinajstić information content (AvgIpc) is 2.90. The molecule has 0 saturated heterocycles. The summed E-state index contributed by atoms with van der Waals surface area (Å²) in [7, 11) is 0. The van der Waals surface area contributed by atoms with Crippen LogP contribution < -0.4 is 5.32 Å². The Hall–Kier alpha value is -1.03. The number of fused-ring (bicyclic) bond motifs is 5. The average molecular weight is 418 g/mol. The fourth-order valence-corrected chi connectivity index (χ4v) is 8.25. The van der Waals surface area contributed by atoms with E-state index < -0.39 is 5.60 Å². The normalized spacial score (nSPS) is 47.2. The van der Waals surface area contributed by atoms with Crippen molar-refractivity contribution >= 4 is 6.09 Å². The van der Waals surface area contributed by atoms with Gasteiger partial charge in [0.25, 0.3) is 0 Å². The Bertz CT molecular complexity index is 710. The maximum atomic E-state index is 12.3. The van der Waals surface area contributed by atoms with E-state index in [0.717, 1.165) is 31.1 Å². The largest absolute Gasteiger partial charge is 0.444 e. The van der Waals surface area contributed by atoms with Gasteiger partial charge in [-0.1, -0.05) is 19.9 Å². The highest BCUT2D eigenvalue weighted by Gasteiger charge is 2.60. The molecule has 0 bridgehead atoms. The van der Waals surface area contributed by atoms with E-state index in [1.165, 1.54) is 37.7 Å². The van der Waals surface area contributed by atoms with Crippen LogP contribution in [0.15, 0.2) is 11.6 Å². The molecule has 1 amide bonds. The molecule has 0 radical (unpaired) electrons. The zero-order valence-electron chi connectivity index (χ0n) is 20.0. The van der Waals surface area contributed by atoms with E-state index in [0.29, 0.717) is 17.3 Å². The van der Waals surface area contributed by atoms with Gasteiger partial charge in [0.15, 0.2) is 0 Å². The predicted molar refractivity (Wildman–Crippen MR) is 120 cm³/mol. The first-order valence-electron chi connectivity index (χ1n) is 12.3. The molecule has 0 aromatic rings. The standard InChI is InChI=1S/C26H43NO3/c1-7-19-22(28)15-21-18-9-8-16-14-17(27-23(29)30-24(2,3)4)10-12-25(16,5)20(18)11-13-26(19,21)6/h7,16-18,20-22,28H,8-15H2,1-6H3,(H,27,29)/b19-7-/t16?,17-,18+,20-,21-,22+,25-,26+/m0/s1. The molecule has 8 atom stereocenters. The van der Waals surface area contributed by atoms with E-state index in [2.05, 4.69) is 32.2 Å². The summed E-state index contributed by atoms with van der Waals surface area (Å²) in [6.45, 7) is 12.8. The molecule has 0 spiro atoms. The van der Waals surface area contributed by atoms with Crippen molar-refractivity contribution in [3.8, 4) is 0 Å². The first-order valence-corrected chi connectivity index (χ1v) is 12.3. The Balaban J connectivity index is 1.46. The zero-order valence-corrected chi connectivity index (χ0v) is 20.0. The van der Waals surface area contributed by atoms with Gasteiger partial charge in [0.05, 0.1) is 6.10 Å². The van der Waals surface area contributed by atoms with Crippen molar-refractivity contribution in [2.75, 3.05) is 0 Å². The summed E-state index contributed by atoms with van der Waals surface area (Å²) in [5.74, 6) is 2.82. The van der Waals surface area contributed by atoms with Crippen molar-refractivity contribution in [2.24, 2.45) is 34.5 Å². The third-order valence-corrected chi connectivity index (χ3v) is 9.58. The Morgan fingerprint density at radius 2 is 1.83 bits per heavy atom. The number of amides is 1. The number of alkyl carbamates (subject to hydrolysis) is 1. The van der Waals surface area contributed by atoms with Gasteiger partial charge in [-0.2, -0.15) is 0 Å². The summed E-state index contributed by atoms with van der Waals surface area (Å²) >= 11 is 0. The molecule has 2 N–H and O–H groups in total. The Morgan fingerprint density at radius 3 is 2.50 bits per heavy atom. The number of nitrogens with one attached hydrogen (secondary N) is 1. The molecule has 4 fully saturated rings. The number of aliphatic hydroxyl groups is 1. The fraction of sp³-hybridized carbons (Fsp3) is 0.885. The van der Waals surface area contributed by atoms with Gasteiger partial charge >= 0.3 is 6.09 Å².